The molecule has 1 aliphatic heterocycles. The topological polar surface area (TPSA) is 35.5 Å². The van der Waals surface area contributed by atoms with Crippen LogP contribution in [0.15, 0.2) is 24.3 Å². The number of rotatable bonds is 1. The van der Waals surface area contributed by atoms with E-state index in [-0.39, 0.29) is 0 Å². The molecule has 0 saturated heterocycles. The molecule has 0 spiro atoms. The largest absolute Gasteiger partial charge is 0.485 e. The number of hydrogen-bond acceptors (Lipinski definition) is 3. The summed E-state index contributed by atoms with van der Waals surface area (Å²) in [5.74, 6) is 1.34. The van der Waals surface area contributed by atoms with Gasteiger partial charge in [0.1, 0.15) is 6.61 Å². The van der Waals surface area contributed by atoms with Crippen LogP contribution in [-0.2, 0) is 4.79 Å². The molecule has 0 N–H and O–H groups in total. The summed E-state index contributed by atoms with van der Waals surface area (Å²) in [6.45, 7) is 8.31. The average Bonchev–Trinajstić information content (AvgIpc) is 2.42. The average molecular weight is 224 g/mol. The highest BCUT2D eigenvalue weighted by molar-refractivity contribution is 5.58. The number of para-hydroxylation sites is 2. The second-order valence-electron chi connectivity index (χ2n) is 2.55. The van der Waals surface area contributed by atoms with E-state index >= 15 is 0 Å². The number of fused-ring (bicyclic) bond motifs is 1. The van der Waals surface area contributed by atoms with Crippen molar-refractivity contribution < 1.29 is 14.3 Å². The van der Waals surface area contributed by atoms with Crippen molar-refractivity contribution >= 4 is 6.29 Å². The lowest BCUT2D eigenvalue weighted by Crippen LogP contribution is -2.30. The lowest BCUT2D eigenvalue weighted by molar-refractivity contribution is -0.115. The minimum atomic E-state index is -0.458. The Kier molecular flexibility index (Phi) is 7.94. The number of carbonyl (C=O) groups is 1. The molecule has 0 aromatic heterocycles. The van der Waals surface area contributed by atoms with E-state index in [4.69, 9.17) is 9.47 Å². The number of carbonyl (C=O) groups excluding carboxylic acids is 1. The molecule has 0 radical (unpaired) electrons. The van der Waals surface area contributed by atoms with Crippen LogP contribution >= 0.6 is 0 Å². The Morgan fingerprint density at radius 3 is 2.25 bits per heavy atom. The molecule has 1 aliphatic rings. The summed E-state index contributed by atoms with van der Waals surface area (Å²) >= 11 is 0. The van der Waals surface area contributed by atoms with Gasteiger partial charge in [0.15, 0.2) is 23.9 Å². The van der Waals surface area contributed by atoms with Crippen molar-refractivity contribution in [3.8, 4) is 11.5 Å². The molecule has 0 bridgehead atoms. The zero-order valence-electron chi connectivity index (χ0n) is 10.4. The first-order valence-corrected chi connectivity index (χ1v) is 5.74. The maximum absolute atomic E-state index is 10.4. The third kappa shape index (κ3) is 3.93. The van der Waals surface area contributed by atoms with E-state index in [0.29, 0.717) is 18.1 Å². The van der Waals surface area contributed by atoms with E-state index < -0.39 is 6.10 Å². The highest BCUT2D eigenvalue weighted by Gasteiger charge is 2.18. The van der Waals surface area contributed by atoms with Crippen LogP contribution < -0.4 is 9.47 Å². The molecule has 90 valence electrons. The molecule has 1 heterocycles. The number of hydrogen-bond donors (Lipinski definition) is 0. The Bertz CT molecular complexity index is 297. The van der Waals surface area contributed by atoms with Crippen LogP contribution in [0.5, 0.6) is 11.5 Å². The van der Waals surface area contributed by atoms with Gasteiger partial charge in [-0.3, -0.25) is 4.79 Å². The molecule has 0 fully saturated rings. The van der Waals surface area contributed by atoms with Gasteiger partial charge in [-0.25, -0.2) is 0 Å². The third-order valence-corrected chi connectivity index (χ3v) is 1.68. The molecule has 1 unspecified atom stereocenters. The molecular weight excluding hydrogens is 204 g/mol. The number of benzene rings is 1. The van der Waals surface area contributed by atoms with Gasteiger partial charge in [0.2, 0.25) is 0 Å². The van der Waals surface area contributed by atoms with Gasteiger partial charge in [0, 0.05) is 0 Å². The molecule has 1 aromatic rings. The Morgan fingerprint density at radius 1 is 1.12 bits per heavy atom. The maximum atomic E-state index is 10.4. The van der Waals surface area contributed by atoms with Crippen LogP contribution in [0.25, 0.3) is 0 Å². The SMILES string of the molecule is CC.CC.O=CC1COc2ccccc2O1. The predicted molar refractivity (Wildman–Crippen MR) is 65.1 cm³/mol. The van der Waals surface area contributed by atoms with Gasteiger partial charge < -0.3 is 9.47 Å². The van der Waals surface area contributed by atoms with E-state index in [0.717, 1.165) is 6.29 Å². The van der Waals surface area contributed by atoms with Crippen LogP contribution in [0.4, 0.5) is 0 Å². The fourth-order valence-corrected chi connectivity index (χ4v) is 1.10. The molecule has 1 aromatic carbocycles. The molecular formula is C13H20O3. The summed E-state index contributed by atoms with van der Waals surface area (Å²) in [7, 11) is 0. The van der Waals surface area contributed by atoms with Crippen molar-refractivity contribution in [2.24, 2.45) is 0 Å². The molecule has 1 atom stereocenters. The second kappa shape index (κ2) is 8.77. The minimum absolute atomic E-state index is 0.306. The summed E-state index contributed by atoms with van der Waals surface area (Å²) in [6.07, 6.45) is 0.288. The van der Waals surface area contributed by atoms with E-state index in [1.54, 1.807) is 6.07 Å². The van der Waals surface area contributed by atoms with Crippen LogP contribution in [0, 0.1) is 0 Å². The first-order chi connectivity index (χ1) is 7.90. The van der Waals surface area contributed by atoms with Gasteiger partial charge >= 0.3 is 0 Å². The van der Waals surface area contributed by atoms with Crippen LogP contribution in [-0.4, -0.2) is 19.0 Å². The zero-order chi connectivity index (χ0) is 12.4. The first kappa shape index (κ1) is 14.5. The van der Waals surface area contributed by atoms with Gasteiger partial charge in [0.05, 0.1) is 0 Å². The molecule has 3 nitrogen and oxygen atoms in total. The fraction of sp³-hybridized carbons (Fsp3) is 0.462. The zero-order valence-corrected chi connectivity index (χ0v) is 10.4. The van der Waals surface area contributed by atoms with E-state index in [1.807, 2.05) is 45.9 Å². The van der Waals surface area contributed by atoms with E-state index in [1.165, 1.54) is 0 Å². The quantitative estimate of drug-likeness (QED) is 0.688. The normalized spacial score (nSPS) is 15.9. The van der Waals surface area contributed by atoms with Gasteiger partial charge in [-0.15, -0.1) is 0 Å². The monoisotopic (exact) mass is 224 g/mol. The van der Waals surface area contributed by atoms with Gasteiger partial charge in [-0.1, -0.05) is 39.8 Å². The van der Waals surface area contributed by atoms with Gasteiger partial charge in [0.25, 0.3) is 0 Å². The third-order valence-electron chi connectivity index (χ3n) is 1.68. The van der Waals surface area contributed by atoms with Gasteiger partial charge in [-0.05, 0) is 12.1 Å². The second-order valence-corrected chi connectivity index (χ2v) is 2.55. The Balaban J connectivity index is 0.000000509. The lowest BCUT2D eigenvalue weighted by Gasteiger charge is -2.22. The van der Waals surface area contributed by atoms with Crippen molar-refractivity contribution in [3.63, 3.8) is 0 Å². The summed E-state index contributed by atoms with van der Waals surface area (Å²) < 4.78 is 10.6. The van der Waals surface area contributed by atoms with Crippen molar-refractivity contribution in [1.29, 1.82) is 0 Å². The highest BCUT2D eigenvalue weighted by Crippen LogP contribution is 2.30. The summed E-state index contributed by atoms with van der Waals surface area (Å²) in [4.78, 5) is 10.4. The Morgan fingerprint density at radius 2 is 1.69 bits per heavy atom. The molecule has 0 aliphatic carbocycles. The maximum Gasteiger partial charge on any atom is 0.187 e. The van der Waals surface area contributed by atoms with E-state index in [2.05, 4.69) is 0 Å². The Hall–Kier alpha value is -1.51. The molecule has 0 amide bonds. The number of ether oxygens (including phenoxy) is 2. The van der Waals surface area contributed by atoms with Crippen molar-refractivity contribution in [2.45, 2.75) is 33.8 Å². The first-order valence-electron chi connectivity index (χ1n) is 5.74. The highest BCUT2D eigenvalue weighted by atomic mass is 16.6. The molecule has 0 saturated carbocycles. The standard InChI is InChI=1S/C9H8O3.2C2H6/c10-5-7-6-11-8-3-1-2-4-9(8)12-7;2*1-2/h1-5,7H,6H2;2*1-2H3. The summed E-state index contributed by atoms with van der Waals surface area (Å²) in [6, 6.07) is 7.31. The Labute approximate surface area is 97.4 Å². The van der Waals surface area contributed by atoms with Crippen LogP contribution in [0.1, 0.15) is 27.7 Å². The smallest absolute Gasteiger partial charge is 0.187 e. The van der Waals surface area contributed by atoms with Crippen molar-refractivity contribution in [3.05, 3.63) is 24.3 Å². The molecule has 2 rings (SSSR count). The van der Waals surface area contributed by atoms with E-state index in [9.17, 15) is 4.79 Å². The van der Waals surface area contributed by atoms with Crippen molar-refractivity contribution in [1.82, 2.24) is 0 Å². The van der Waals surface area contributed by atoms with Crippen LogP contribution in [0.2, 0.25) is 0 Å². The van der Waals surface area contributed by atoms with Crippen LogP contribution in [0.3, 0.4) is 0 Å². The molecule has 3 heteroatoms. The minimum Gasteiger partial charge on any atom is -0.485 e. The van der Waals surface area contributed by atoms with Gasteiger partial charge in [-0.2, -0.15) is 0 Å². The fourth-order valence-electron chi connectivity index (χ4n) is 1.10. The predicted octanol–water partition coefficient (Wildman–Crippen LogP) is 3.08. The number of aldehydes is 1. The summed E-state index contributed by atoms with van der Waals surface area (Å²) in [5, 5.41) is 0. The lowest BCUT2D eigenvalue weighted by atomic mass is 10.3. The van der Waals surface area contributed by atoms with Crippen molar-refractivity contribution in [2.75, 3.05) is 6.61 Å². The molecule has 16 heavy (non-hydrogen) atoms. The summed E-state index contributed by atoms with van der Waals surface area (Å²) in [5.41, 5.74) is 0.